The van der Waals surface area contributed by atoms with E-state index in [4.69, 9.17) is 0 Å². The van der Waals surface area contributed by atoms with Crippen LogP contribution in [-0.4, -0.2) is 10.9 Å². The van der Waals surface area contributed by atoms with Gasteiger partial charge in [0.2, 0.25) is 5.91 Å². The van der Waals surface area contributed by atoms with E-state index in [9.17, 15) is 4.79 Å². The molecule has 0 atom stereocenters. The first-order chi connectivity index (χ1) is 9.18. The molecule has 1 fully saturated rings. The van der Waals surface area contributed by atoms with Crippen molar-refractivity contribution in [2.75, 3.05) is 0 Å². The lowest BCUT2D eigenvalue weighted by Crippen LogP contribution is -2.35. The zero-order chi connectivity index (χ0) is 13.3. The Labute approximate surface area is 116 Å². The average Bonchev–Trinajstić information content (AvgIpc) is 3.07. The molecule has 3 rings (SSSR count). The lowest BCUT2D eigenvalue weighted by molar-refractivity contribution is -0.121. The van der Waals surface area contributed by atoms with Gasteiger partial charge in [-0.1, -0.05) is 30.3 Å². The molecule has 0 radical (unpaired) electrons. The van der Waals surface area contributed by atoms with Crippen molar-refractivity contribution in [1.29, 1.82) is 0 Å². The standard InChI is InChI=1S/C15H16N2OS/c1-11-16-13(10-19-11)9-14(18)17-15(7-8-15)12-5-3-2-4-6-12/h2-6,10H,7-9H2,1H3,(H,17,18). The first-order valence-corrected chi connectivity index (χ1v) is 7.33. The molecule has 4 heteroatoms. The van der Waals surface area contributed by atoms with Gasteiger partial charge in [-0.25, -0.2) is 4.98 Å². The highest BCUT2D eigenvalue weighted by Crippen LogP contribution is 2.45. The maximum absolute atomic E-state index is 12.1. The highest BCUT2D eigenvalue weighted by Gasteiger charge is 2.45. The van der Waals surface area contributed by atoms with Crippen molar-refractivity contribution in [3.8, 4) is 0 Å². The minimum Gasteiger partial charge on any atom is -0.346 e. The molecule has 1 aliphatic carbocycles. The number of rotatable bonds is 4. The summed E-state index contributed by atoms with van der Waals surface area (Å²) in [6.45, 7) is 1.96. The van der Waals surface area contributed by atoms with Crippen LogP contribution < -0.4 is 5.32 Å². The molecule has 1 saturated carbocycles. The monoisotopic (exact) mass is 272 g/mol. The minimum absolute atomic E-state index is 0.0617. The molecule has 19 heavy (non-hydrogen) atoms. The van der Waals surface area contributed by atoms with Gasteiger partial charge in [0, 0.05) is 5.38 Å². The number of carbonyl (C=O) groups is 1. The maximum Gasteiger partial charge on any atom is 0.226 e. The average molecular weight is 272 g/mol. The Balaban J connectivity index is 1.67. The Morgan fingerprint density at radius 1 is 1.37 bits per heavy atom. The fraction of sp³-hybridized carbons (Fsp3) is 0.333. The molecule has 0 spiro atoms. The van der Waals surface area contributed by atoms with Crippen LogP contribution in [0.25, 0.3) is 0 Å². The largest absolute Gasteiger partial charge is 0.346 e. The van der Waals surface area contributed by atoms with Gasteiger partial charge in [0.25, 0.3) is 0 Å². The van der Waals surface area contributed by atoms with Crippen molar-refractivity contribution in [3.05, 3.63) is 52.0 Å². The van der Waals surface area contributed by atoms with E-state index >= 15 is 0 Å². The smallest absolute Gasteiger partial charge is 0.226 e. The van der Waals surface area contributed by atoms with Crippen LogP contribution in [0.4, 0.5) is 0 Å². The third-order valence-corrected chi connectivity index (χ3v) is 4.29. The molecular formula is C15H16N2OS. The van der Waals surface area contributed by atoms with Gasteiger partial charge in [-0.2, -0.15) is 0 Å². The molecule has 1 aromatic heterocycles. The number of aryl methyl sites for hydroxylation is 1. The van der Waals surface area contributed by atoms with Crippen molar-refractivity contribution < 1.29 is 4.79 Å². The van der Waals surface area contributed by atoms with E-state index in [1.165, 1.54) is 5.56 Å². The predicted molar refractivity (Wildman–Crippen MR) is 76.1 cm³/mol. The second kappa shape index (κ2) is 4.78. The van der Waals surface area contributed by atoms with Crippen molar-refractivity contribution >= 4 is 17.2 Å². The summed E-state index contributed by atoms with van der Waals surface area (Å²) in [7, 11) is 0. The SMILES string of the molecule is Cc1nc(CC(=O)NC2(c3ccccc3)CC2)cs1. The third kappa shape index (κ3) is 2.68. The van der Waals surface area contributed by atoms with Gasteiger partial charge in [0.05, 0.1) is 22.7 Å². The van der Waals surface area contributed by atoms with Crippen LogP contribution in [0.2, 0.25) is 0 Å². The molecule has 1 amide bonds. The zero-order valence-electron chi connectivity index (χ0n) is 10.8. The lowest BCUT2D eigenvalue weighted by atomic mass is 10.0. The van der Waals surface area contributed by atoms with Crippen molar-refractivity contribution in [2.24, 2.45) is 0 Å². The second-order valence-corrected chi connectivity index (χ2v) is 6.09. The Hall–Kier alpha value is -1.68. The van der Waals surface area contributed by atoms with Gasteiger partial charge in [-0.15, -0.1) is 11.3 Å². The normalized spacial score (nSPS) is 16.1. The molecule has 1 aliphatic rings. The van der Waals surface area contributed by atoms with Gasteiger partial charge in [0.1, 0.15) is 0 Å². The number of nitrogens with zero attached hydrogens (tertiary/aromatic N) is 1. The molecule has 1 heterocycles. The Morgan fingerprint density at radius 2 is 2.11 bits per heavy atom. The van der Waals surface area contributed by atoms with Crippen LogP contribution in [0, 0.1) is 6.92 Å². The van der Waals surface area contributed by atoms with E-state index in [1.807, 2.05) is 30.5 Å². The van der Waals surface area contributed by atoms with Gasteiger partial charge in [-0.3, -0.25) is 4.79 Å². The van der Waals surface area contributed by atoms with E-state index in [0.29, 0.717) is 6.42 Å². The van der Waals surface area contributed by atoms with Crippen molar-refractivity contribution in [1.82, 2.24) is 10.3 Å². The molecule has 3 nitrogen and oxygen atoms in total. The van der Waals surface area contributed by atoms with Gasteiger partial charge < -0.3 is 5.32 Å². The minimum atomic E-state index is -0.122. The summed E-state index contributed by atoms with van der Waals surface area (Å²) in [5, 5.41) is 6.13. The number of thiazole rings is 1. The topological polar surface area (TPSA) is 42.0 Å². The van der Waals surface area contributed by atoms with E-state index in [1.54, 1.807) is 11.3 Å². The number of hydrogen-bond donors (Lipinski definition) is 1. The first kappa shape index (κ1) is 12.4. The molecule has 2 aromatic rings. The highest BCUT2D eigenvalue weighted by molar-refractivity contribution is 7.09. The molecule has 1 aromatic carbocycles. The van der Waals surface area contributed by atoms with Gasteiger partial charge in [0.15, 0.2) is 0 Å². The predicted octanol–water partition coefficient (Wildman–Crippen LogP) is 2.80. The Kier molecular flexibility index (Phi) is 3.11. The zero-order valence-corrected chi connectivity index (χ0v) is 11.7. The lowest BCUT2D eigenvalue weighted by Gasteiger charge is -2.17. The van der Waals surface area contributed by atoms with E-state index in [-0.39, 0.29) is 11.4 Å². The molecule has 0 aliphatic heterocycles. The molecule has 0 bridgehead atoms. The van der Waals surface area contributed by atoms with Crippen molar-refractivity contribution in [2.45, 2.75) is 31.7 Å². The van der Waals surface area contributed by atoms with E-state index in [0.717, 1.165) is 23.5 Å². The maximum atomic E-state index is 12.1. The summed E-state index contributed by atoms with van der Waals surface area (Å²) in [5.74, 6) is 0.0617. The number of aromatic nitrogens is 1. The summed E-state index contributed by atoms with van der Waals surface area (Å²) >= 11 is 1.59. The van der Waals surface area contributed by atoms with Crippen molar-refractivity contribution in [3.63, 3.8) is 0 Å². The molecule has 0 saturated heterocycles. The number of carbonyl (C=O) groups excluding carboxylic acids is 1. The summed E-state index contributed by atoms with van der Waals surface area (Å²) in [6.07, 6.45) is 2.43. The summed E-state index contributed by atoms with van der Waals surface area (Å²) < 4.78 is 0. The Morgan fingerprint density at radius 3 is 2.68 bits per heavy atom. The van der Waals surface area contributed by atoms with Gasteiger partial charge in [-0.05, 0) is 25.3 Å². The molecular weight excluding hydrogens is 256 g/mol. The van der Waals surface area contributed by atoms with Crippen LogP contribution in [-0.2, 0) is 16.8 Å². The van der Waals surface area contributed by atoms with Crippen LogP contribution in [0.3, 0.4) is 0 Å². The molecule has 1 N–H and O–H groups in total. The third-order valence-electron chi connectivity index (χ3n) is 3.46. The number of benzene rings is 1. The quantitative estimate of drug-likeness (QED) is 0.930. The van der Waals surface area contributed by atoms with Crippen LogP contribution >= 0.6 is 11.3 Å². The number of nitrogens with one attached hydrogen (secondary N) is 1. The summed E-state index contributed by atoms with van der Waals surface area (Å²) in [5.41, 5.74) is 1.95. The number of hydrogen-bond acceptors (Lipinski definition) is 3. The second-order valence-electron chi connectivity index (χ2n) is 5.03. The summed E-state index contributed by atoms with van der Waals surface area (Å²) in [6, 6.07) is 10.2. The van der Waals surface area contributed by atoms with Crippen LogP contribution in [0.15, 0.2) is 35.7 Å². The Bertz CT molecular complexity index is 587. The molecule has 98 valence electrons. The van der Waals surface area contributed by atoms with Gasteiger partial charge >= 0.3 is 0 Å². The molecule has 0 unspecified atom stereocenters. The fourth-order valence-corrected chi connectivity index (χ4v) is 2.95. The first-order valence-electron chi connectivity index (χ1n) is 6.45. The number of amides is 1. The highest BCUT2D eigenvalue weighted by atomic mass is 32.1. The summed E-state index contributed by atoms with van der Waals surface area (Å²) in [4.78, 5) is 16.4. The van der Waals surface area contributed by atoms with Crippen LogP contribution in [0.1, 0.15) is 29.1 Å². The van der Waals surface area contributed by atoms with E-state index in [2.05, 4.69) is 22.4 Å². The fourth-order valence-electron chi connectivity index (χ4n) is 2.33. The van der Waals surface area contributed by atoms with Crippen LogP contribution in [0.5, 0.6) is 0 Å². The van der Waals surface area contributed by atoms with E-state index < -0.39 is 0 Å².